The van der Waals surface area contributed by atoms with Crippen LogP contribution in [0.25, 0.3) is 10.6 Å². The minimum Gasteiger partial charge on any atom is -0.423 e. The van der Waals surface area contributed by atoms with Crippen LogP contribution in [-0.2, 0) is 18.5 Å². The molecule has 26 heavy (non-hydrogen) atoms. The quantitative estimate of drug-likeness (QED) is 0.685. The Morgan fingerprint density at radius 1 is 1.15 bits per heavy atom. The average Bonchev–Trinajstić information content (AvgIpc) is 3.36. The number of aromatic nitrogens is 4. The standard InChI is InChI=1S/C19H21N5OS/c1-2-15-20-23-18(25-15)19-10-8-14(19)9-11-24(19)12-16-21-22-17(26-16)13-6-4-3-5-7-13/h3-7,14H,2,8-12H2,1H3/t14-,19-/m0/s1. The van der Waals surface area contributed by atoms with Crippen molar-refractivity contribution in [3.8, 4) is 10.6 Å². The summed E-state index contributed by atoms with van der Waals surface area (Å²) in [4.78, 5) is 2.49. The van der Waals surface area contributed by atoms with Gasteiger partial charge < -0.3 is 4.42 Å². The first kappa shape index (κ1) is 16.1. The number of hydrogen-bond acceptors (Lipinski definition) is 7. The number of hydrogen-bond donors (Lipinski definition) is 0. The number of benzene rings is 1. The highest BCUT2D eigenvalue weighted by molar-refractivity contribution is 7.14. The third-order valence-electron chi connectivity index (χ3n) is 5.81. The maximum Gasteiger partial charge on any atom is 0.237 e. The first-order valence-corrected chi connectivity index (χ1v) is 10.1. The molecule has 3 heterocycles. The molecule has 0 amide bonds. The van der Waals surface area contributed by atoms with Crippen LogP contribution in [0.15, 0.2) is 34.7 Å². The zero-order valence-electron chi connectivity index (χ0n) is 14.8. The topological polar surface area (TPSA) is 67.9 Å². The lowest BCUT2D eigenvalue weighted by Crippen LogP contribution is -2.51. The molecule has 1 aliphatic carbocycles. The number of aryl methyl sites for hydroxylation is 1. The highest BCUT2D eigenvalue weighted by atomic mass is 32.1. The van der Waals surface area contributed by atoms with Crippen molar-refractivity contribution in [2.45, 2.75) is 44.7 Å². The Hall–Kier alpha value is -2.12. The van der Waals surface area contributed by atoms with E-state index in [0.29, 0.717) is 5.92 Å². The molecule has 2 atom stereocenters. The summed E-state index contributed by atoms with van der Waals surface area (Å²) in [5.41, 5.74) is 1.04. The maximum atomic E-state index is 5.99. The van der Waals surface area contributed by atoms with Crippen LogP contribution in [0, 0.1) is 5.92 Å². The van der Waals surface area contributed by atoms with Crippen LogP contribution in [0.2, 0.25) is 0 Å². The molecular formula is C19H21N5OS. The van der Waals surface area contributed by atoms with Crippen molar-refractivity contribution in [3.05, 3.63) is 47.1 Å². The molecule has 0 unspecified atom stereocenters. The molecule has 6 nitrogen and oxygen atoms in total. The highest BCUT2D eigenvalue weighted by Crippen LogP contribution is 2.56. The number of likely N-dealkylation sites (tertiary alicyclic amines) is 1. The summed E-state index contributed by atoms with van der Waals surface area (Å²) in [6.07, 6.45) is 4.30. The van der Waals surface area contributed by atoms with E-state index in [1.807, 2.05) is 25.1 Å². The zero-order chi connectivity index (χ0) is 17.6. The molecular weight excluding hydrogens is 346 g/mol. The second-order valence-electron chi connectivity index (χ2n) is 7.09. The third-order valence-corrected chi connectivity index (χ3v) is 6.77. The zero-order valence-corrected chi connectivity index (χ0v) is 15.6. The summed E-state index contributed by atoms with van der Waals surface area (Å²) in [6.45, 7) is 3.89. The van der Waals surface area contributed by atoms with Gasteiger partial charge in [-0.2, -0.15) is 0 Å². The summed E-state index contributed by atoms with van der Waals surface area (Å²) in [5, 5.41) is 19.5. The first-order valence-electron chi connectivity index (χ1n) is 9.25. The van der Waals surface area contributed by atoms with Crippen LogP contribution < -0.4 is 0 Å². The molecule has 3 aromatic rings. The second-order valence-corrected chi connectivity index (χ2v) is 8.15. The summed E-state index contributed by atoms with van der Waals surface area (Å²) >= 11 is 1.67. The largest absolute Gasteiger partial charge is 0.423 e. The number of fused-ring (bicyclic) bond motifs is 1. The third kappa shape index (κ3) is 2.41. The van der Waals surface area contributed by atoms with Crippen molar-refractivity contribution in [1.29, 1.82) is 0 Å². The summed E-state index contributed by atoms with van der Waals surface area (Å²) < 4.78 is 5.99. The van der Waals surface area contributed by atoms with Gasteiger partial charge in [0, 0.05) is 12.0 Å². The van der Waals surface area contributed by atoms with Gasteiger partial charge in [-0.3, -0.25) is 4.90 Å². The smallest absolute Gasteiger partial charge is 0.237 e. The Kier molecular flexibility index (Phi) is 3.86. The molecule has 0 bridgehead atoms. The molecule has 5 rings (SSSR count). The van der Waals surface area contributed by atoms with E-state index in [1.165, 1.54) is 12.8 Å². The minimum absolute atomic E-state index is 0.0843. The van der Waals surface area contributed by atoms with E-state index >= 15 is 0 Å². The number of rotatable bonds is 5. The Bertz CT molecular complexity index is 908. The minimum atomic E-state index is -0.0843. The average molecular weight is 367 g/mol. The lowest BCUT2D eigenvalue weighted by Gasteiger charge is -2.47. The Balaban J connectivity index is 1.41. The molecule has 0 spiro atoms. The molecule has 0 radical (unpaired) electrons. The Labute approximate surface area is 156 Å². The van der Waals surface area contributed by atoms with Gasteiger partial charge in [-0.1, -0.05) is 48.6 Å². The summed E-state index contributed by atoms with van der Waals surface area (Å²) in [7, 11) is 0. The molecule has 2 aromatic heterocycles. The molecule has 0 N–H and O–H groups in total. The van der Waals surface area contributed by atoms with Gasteiger partial charge in [-0.25, -0.2) is 0 Å². The lowest BCUT2D eigenvalue weighted by atomic mass is 9.67. The first-order chi connectivity index (χ1) is 12.8. The van der Waals surface area contributed by atoms with E-state index in [1.54, 1.807) is 11.3 Å². The van der Waals surface area contributed by atoms with Gasteiger partial charge in [-0.05, 0) is 31.7 Å². The van der Waals surface area contributed by atoms with Gasteiger partial charge in [0.25, 0.3) is 0 Å². The van der Waals surface area contributed by atoms with Gasteiger partial charge in [0.1, 0.15) is 15.6 Å². The van der Waals surface area contributed by atoms with Crippen LogP contribution in [0.3, 0.4) is 0 Å². The molecule has 1 aliphatic heterocycles. The van der Waals surface area contributed by atoms with Crippen LogP contribution in [0.4, 0.5) is 0 Å². The van der Waals surface area contributed by atoms with Crippen LogP contribution in [-0.4, -0.2) is 31.8 Å². The molecule has 2 fully saturated rings. The Morgan fingerprint density at radius 2 is 2.04 bits per heavy atom. The van der Waals surface area contributed by atoms with Crippen LogP contribution in [0.1, 0.15) is 43.0 Å². The van der Waals surface area contributed by atoms with Crippen molar-refractivity contribution in [3.63, 3.8) is 0 Å². The molecule has 1 aromatic carbocycles. The van der Waals surface area contributed by atoms with Crippen molar-refractivity contribution in [2.75, 3.05) is 6.54 Å². The van der Waals surface area contributed by atoms with Gasteiger partial charge in [0.15, 0.2) is 0 Å². The molecule has 2 aliphatic rings. The van der Waals surface area contributed by atoms with Crippen molar-refractivity contribution in [1.82, 2.24) is 25.3 Å². The fourth-order valence-electron chi connectivity index (χ4n) is 4.32. The Morgan fingerprint density at radius 3 is 2.77 bits per heavy atom. The predicted molar refractivity (Wildman–Crippen MR) is 98.5 cm³/mol. The van der Waals surface area contributed by atoms with Crippen molar-refractivity contribution < 1.29 is 4.42 Å². The summed E-state index contributed by atoms with van der Waals surface area (Å²) in [6, 6.07) is 10.2. The highest BCUT2D eigenvalue weighted by Gasteiger charge is 2.59. The van der Waals surface area contributed by atoms with Gasteiger partial charge in [0.2, 0.25) is 11.8 Å². The summed E-state index contributed by atoms with van der Waals surface area (Å²) in [5.74, 6) is 2.15. The molecule has 1 saturated heterocycles. The molecule has 1 saturated carbocycles. The fraction of sp³-hybridized carbons (Fsp3) is 0.474. The van der Waals surface area contributed by atoms with Gasteiger partial charge >= 0.3 is 0 Å². The fourth-order valence-corrected chi connectivity index (χ4v) is 5.18. The van der Waals surface area contributed by atoms with E-state index in [4.69, 9.17) is 4.42 Å². The SMILES string of the molecule is CCc1nnc([C@]23CC[C@H]2CCN3Cc2nnc(-c3ccccc3)s2)o1. The van der Waals surface area contributed by atoms with E-state index in [9.17, 15) is 0 Å². The lowest BCUT2D eigenvalue weighted by molar-refractivity contribution is -0.0163. The van der Waals surface area contributed by atoms with Crippen molar-refractivity contribution >= 4 is 11.3 Å². The predicted octanol–water partition coefficient (Wildman–Crippen LogP) is 3.66. The monoisotopic (exact) mass is 367 g/mol. The normalized spacial score (nSPS) is 25.2. The molecule has 7 heteroatoms. The molecule has 134 valence electrons. The van der Waals surface area contributed by atoms with Crippen molar-refractivity contribution in [2.24, 2.45) is 5.92 Å². The van der Waals surface area contributed by atoms with Crippen LogP contribution >= 0.6 is 11.3 Å². The number of nitrogens with zero attached hydrogens (tertiary/aromatic N) is 5. The maximum absolute atomic E-state index is 5.99. The van der Waals surface area contributed by atoms with Gasteiger partial charge in [0.05, 0.1) is 6.54 Å². The van der Waals surface area contributed by atoms with Crippen LogP contribution in [0.5, 0.6) is 0 Å². The van der Waals surface area contributed by atoms with Gasteiger partial charge in [-0.15, -0.1) is 20.4 Å². The van der Waals surface area contributed by atoms with E-state index in [-0.39, 0.29) is 5.54 Å². The van der Waals surface area contributed by atoms with E-state index < -0.39 is 0 Å². The van der Waals surface area contributed by atoms with E-state index in [0.717, 1.165) is 53.3 Å². The second kappa shape index (κ2) is 6.25. The van der Waals surface area contributed by atoms with E-state index in [2.05, 4.69) is 37.4 Å².